The van der Waals surface area contributed by atoms with Gasteiger partial charge in [-0.2, -0.15) is 0 Å². The SMILES string of the molecule is C=CC(=O)C(O)(CO)C(O)(C(=O)C=C)C(=O)C=C. The Balaban J connectivity index is 6.15. The molecular formula is C12H14O6. The molecule has 0 saturated carbocycles. The van der Waals surface area contributed by atoms with Crippen LogP contribution in [0.5, 0.6) is 0 Å². The number of rotatable bonds is 8. The fraction of sp³-hybridized carbons (Fsp3) is 0.250. The molecule has 0 fully saturated rings. The van der Waals surface area contributed by atoms with Crippen LogP contribution in [-0.4, -0.2) is 50.5 Å². The van der Waals surface area contributed by atoms with Crippen LogP contribution in [0.25, 0.3) is 0 Å². The highest BCUT2D eigenvalue weighted by molar-refractivity contribution is 6.23. The molecule has 0 radical (unpaired) electrons. The van der Waals surface area contributed by atoms with E-state index in [2.05, 4.69) is 19.7 Å². The number of carbonyl (C=O) groups is 3. The van der Waals surface area contributed by atoms with Crippen molar-refractivity contribution in [3.05, 3.63) is 38.0 Å². The molecule has 0 saturated heterocycles. The van der Waals surface area contributed by atoms with Gasteiger partial charge in [0.05, 0.1) is 6.61 Å². The fourth-order valence-electron chi connectivity index (χ4n) is 1.36. The fourth-order valence-corrected chi connectivity index (χ4v) is 1.36. The van der Waals surface area contributed by atoms with Crippen LogP contribution in [0.4, 0.5) is 0 Å². The van der Waals surface area contributed by atoms with Crippen molar-refractivity contribution in [1.82, 2.24) is 0 Å². The predicted molar refractivity (Wildman–Crippen MR) is 62.6 cm³/mol. The zero-order valence-corrected chi connectivity index (χ0v) is 9.63. The van der Waals surface area contributed by atoms with Crippen molar-refractivity contribution in [2.24, 2.45) is 0 Å². The van der Waals surface area contributed by atoms with Gasteiger partial charge in [0.2, 0.25) is 5.60 Å². The van der Waals surface area contributed by atoms with Gasteiger partial charge in [-0.1, -0.05) is 19.7 Å². The van der Waals surface area contributed by atoms with E-state index in [0.29, 0.717) is 18.2 Å². The Hall–Kier alpha value is -1.89. The summed E-state index contributed by atoms with van der Waals surface area (Å²) >= 11 is 0. The minimum Gasteiger partial charge on any atom is -0.393 e. The molecule has 0 spiro atoms. The third-order valence-corrected chi connectivity index (χ3v) is 2.50. The Morgan fingerprint density at radius 1 is 0.889 bits per heavy atom. The Morgan fingerprint density at radius 2 is 1.22 bits per heavy atom. The number of carbonyl (C=O) groups excluding carboxylic acids is 3. The van der Waals surface area contributed by atoms with Gasteiger partial charge in [0.25, 0.3) is 0 Å². The maximum absolute atomic E-state index is 11.6. The second-order valence-corrected chi connectivity index (χ2v) is 3.43. The van der Waals surface area contributed by atoms with Crippen molar-refractivity contribution >= 4 is 17.3 Å². The van der Waals surface area contributed by atoms with Crippen LogP contribution >= 0.6 is 0 Å². The summed E-state index contributed by atoms with van der Waals surface area (Å²) < 4.78 is 0. The second kappa shape index (κ2) is 5.63. The number of aliphatic hydroxyl groups excluding tert-OH is 1. The molecule has 18 heavy (non-hydrogen) atoms. The standard InChI is InChI=1S/C12H14O6/c1-4-8(14)11(17,7-13)12(18,9(15)5-2)10(16)6-3/h4-6,13,17-18H,1-3,7H2. The number of hydrogen-bond acceptors (Lipinski definition) is 6. The van der Waals surface area contributed by atoms with Crippen LogP contribution in [0.1, 0.15) is 0 Å². The van der Waals surface area contributed by atoms with Gasteiger partial charge in [-0.15, -0.1) is 0 Å². The molecule has 1 unspecified atom stereocenters. The molecule has 3 N–H and O–H groups in total. The lowest BCUT2D eigenvalue weighted by molar-refractivity contribution is -0.186. The van der Waals surface area contributed by atoms with E-state index in [1.165, 1.54) is 0 Å². The van der Waals surface area contributed by atoms with Crippen LogP contribution in [0.3, 0.4) is 0 Å². The van der Waals surface area contributed by atoms with Crippen molar-refractivity contribution in [1.29, 1.82) is 0 Å². The van der Waals surface area contributed by atoms with Gasteiger partial charge in [0.1, 0.15) is 0 Å². The van der Waals surface area contributed by atoms with Gasteiger partial charge >= 0.3 is 0 Å². The van der Waals surface area contributed by atoms with Crippen LogP contribution < -0.4 is 0 Å². The van der Waals surface area contributed by atoms with Crippen LogP contribution in [-0.2, 0) is 14.4 Å². The van der Waals surface area contributed by atoms with Crippen LogP contribution in [0.15, 0.2) is 38.0 Å². The molecule has 0 aromatic carbocycles. The van der Waals surface area contributed by atoms with Gasteiger partial charge in [-0.3, -0.25) is 14.4 Å². The van der Waals surface area contributed by atoms with E-state index < -0.39 is 35.2 Å². The summed E-state index contributed by atoms with van der Waals surface area (Å²) in [5.74, 6) is -3.95. The normalized spacial score (nSPS) is 14.2. The second-order valence-electron chi connectivity index (χ2n) is 3.43. The van der Waals surface area contributed by atoms with Gasteiger partial charge < -0.3 is 15.3 Å². The van der Waals surface area contributed by atoms with E-state index in [0.717, 1.165) is 0 Å². The van der Waals surface area contributed by atoms with E-state index in [1.54, 1.807) is 0 Å². The molecule has 6 nitrogen and oxygen atoms in total. The zero-order chi connectivity index (χ0) is 14.6. The molecule has 0 bridgehead atoms. The minimum absolute atomic E-state index is 0.554. The van der Waals surface area contributed by atoms with E-state index >= 15 is 0 Å². The first-order chi connectivity index (χ1) is 8.25. The summed E-state index contributed by atoms with van der Waals surface area (Å²) in [6.45, 7) is 7.80. The van der Waals surface area contributed by atoms with E-state index in [-0.39, 0.29) is 0 Å². The summed E-state index contributed by atoms with van der Waals surface area (Å²) in [4.78, 5) is 34.6. The number of ketones is 3. The van der Waals surface area contributed by atoms with Crippen LogP contribution in [0, 0.1) is 0 Å². The molecule has 0 aromatic heterocycles. The lowest BCUT2D eigenvalue weighted by Crippen LogP contribution is -2.68. The van der Waals surface area contributed by atoms with E-state index in [1.807, 2.05) is 0 Å². The quantitative estimate of drug-likeness (QED) is 0.367. The summed E-state index contributed by atoms with van der Waals surface area (Å²) in [6, 6.07) is 0. The van der Waals surface area contributed by atoms with Crippen molar-refractivity contribution in [2.45, 2.75) is 11.2 Å². The van der Waals surface area contributed by atoms with Gasteiger partial charge in [0.15, 0.2) is 23.0 Å². The maximum atomic E-state index is 11.6. The van der Waals surface area contributed by atoms with Crippen LogP contribution in [0.2, 0.25) is 0 Å². The predicted octanol–water partition coefficient (Wildman–Crippen LogP) is -1.29. The maximum Gasteiger partial charge on any atom is 0.228 e. The average Bonchev–Trinajstić information content (AvgIpc) is 2.42. The highest BCUT2D eigenvalue weighted by Gasteiger charge is 2.61. The Morgan fingerprint density at radius 3 is 1.44 bits per heavy atom. The highest BCUT2D eigenvalue weighted by atomic mass is 16.4. The first kappa shape index (κ1) is 16.1. The first-order valence-corrected chi connectivity index (χ1v) is 4.82. The molecule has 0 aromatic rings. The average molecular weight is 254 g/mol. The Labute approximate surface area is 104 Å². The van der Waals surface area contributed by atoms with Crippen molar-refractivity contribution in [3.63, 3.8) is 0 Å². The zero-order valence-electron chi connectivity index (χ0n) is 9.63. The minimum atomic E-state index is -3.18. The van der Waals surface area contributed by atoms with Crippen molar-refractivity contribution in [2.75, 3.05) is 6.61 Å². The molecule has 0 aliphatic heterocycles. The molecule has 0 rings (SSSR count). The molecular weight excluding hydrogens is 240 g/mol. The Bertz CT molecular complexity index is 402. The monoisotopic (exact) mass is 254 g/mol. The van der Waals surface area contributed by atoms with Gasteiger partial charge in [-0.05, 0) is 18.2 Å². The summed E-state index contributed by atoms with van der Waals surface area (Å²) in [7, 11) is 0. The molecule has 98 valence electrons. The summed E-state index contributed by atoms with van der Waals surface area (Å²) in [6.07, 6.45) is 1.69. The molecule has 1 atom stereocenters. The number of hydrogen-bond donors (Lipinski definition) is 3. The smallest absolute Gasteiger partial charge is 0.228 e. The topological polar surface area (TPSA) is 112 Å². The summed E-state index contributed by atoms with van der Waals surface area (Å²) in [5, 5.41) is 29.1. The third kappa shape index (κ3) is 2.08. The largest absolute Gasteiger partial charge is 0.393 e. The summed E-state index contributed by atoms with van der Waals surface area (Å²) in [5.41, 5.74) is -6.22. The lowest BCUT2D eigenvalue weighted by Gasteiger charge is -2.36. The number of aliphatic hydroxyl groups is 3. The molecule has 0 aliphatic rings. The lowest BCUT2D eigenvalue weighted by atomic mass is 9.74. The van der Waals surface area contributed by atoms with Gasteiger partial charge in [0, 0.05) is 0 Å². The molecule has 0 amide bonds. The van der Waals surface area contributed by atoms with Crippen molar-refractivity contribution < 1.29 is 29.7 Å². The van der Waals surface area contributed by atoms with E-state index in [9.17, 15) is 24.6 Å². The molecule has 6 heteroatoms. The Kier molecular flexibility index (Phi) is 5.04. The van der Waals surface area contributed by atoms with E-state index in [4.69, 9.17) is 5.11 Å². The highest BCUT2D eigenvalue weighted by Crippen LogP contribution is 2.27. The van der Waals surface area contributed by atoms with Crippen molar-refractivity contribution in [3.8, 4) is 0 Å². The molecule has 0 aliphatic carbocycles. The van der Waals surface area contributed by atoms with Gasteiger partial charge in [-0.25, -0.2) is 0 Å². The third-order valence-electron chi connectivity index (χ3n) is 2.50. The molecule has 0 heterocycles. The first-order valence-electron chi connectivity index (χ1n) is 4.82.